The van der Waals surface area contributed by atoms with Crippen molar-refractivity contribution in [1.29, 1.82) is 0 Å². The highest BCUT2D eigenvalue weighted by Gasteiger charge is 2.19. The minimum atomic E-state index is -0.794. The second-order valence-corrected chi connectivity index (χ2v) is 22.3. The first-order chi connectivity index (χ1) is 39.0. The van der Waals surface area contributed by atoms with Gasteiger partial charge in [0, 0.05) is 19.3 Å². The first kappa shape index (κ1) is 75.3. The predicted octanol–water partition coefficient (Wildman–Crippen LogP) is 23.2. The van der Waals surface area contributed by atoms with Crippen LogP contribution in [0.5, 0.6) is 0 Å². The van der Waals surface area contributed by atoms with E-state index in [2.05, 4.69) is 118 Å². The lowest BCUT2D eigenvalue weighted by Gasteiger charge is -2.18. The molecule has 454 valence electrons. The molecule has 0 bridgehead atoms. The first-order valence-corrected chi connectivity index (χ1v) is 33.7. The van der Waals surface area contributed by atoms with E-state index in [1.165, 1.54) is 173 Å². The third kappa shape index (κ3) is 65.0. The third-order valence-electron chi connectivity index (χ3n) is 14.5. The molecule has 0 aliphatic rings. The second-order valence-electron chi connectivity index (χ2n) is 22.3. The van der Waals surface area contributed by atoms with Crippen molar-refractivity contribution in [3.63, 3.8) is 0 Å². The molecule has 0 aromatic rings. The predicted molar refractivity (Wildman–Crippen MR) is 344 cm³/mol. The van der Waals surface area contributed by atoms with Crippen LogP contribution in [0.2, 0.25) is 0 Å². The highest BCUT2D eigenvalue weighted by atomic mass is 16.6. The molecule has 0 fully saturated rings. The van der Waals surface area contributed by atoms with E-state index >= 15 is 0 Å². The zero-order valence-corrected chi connectivity index (χ0v) is 52.1. The molecule has 0 aromatic carbocycles. The Balaban J connectivity index is 4.15. The number of carbonyl (C=O) groups excluding carboxylic acids is 3. The van der Waals surface area contributed by atoms with Crippen LogP contribution in [0.3, 0.4) is 0 Å². The lowest BCUT2D eigenvalue weighted by atomic mass is 10.0. The average molecular weight is 1100 g/mol. The molecule has 0 N–H and O–H groups in total. The number of esters is 3. The fraction of sp³-hybridized carbons (Fsp3) is 0.740. The molecule has 79 heavy (non-hydrogen) atoms. The van der Waals surface area contributed by atoms with Gasteiger partial charge in [-0.15, -0.1) is 0 Å². The molecule has 1 atom stereocenters. The first-order valence-electron chi connectivity index (χ1n) is 33.7. The number of ether oxygens (including phenoxy) is 3. The van der Waals surface area contributed by atoms with E-state index in [0.29, 0.717) is 19.3 Å². The maximum Gasteiger partial charge on any atom is 0.306 e. The highest BCUT2D eigenvalue weighted by molar-refractivity contribution is 5.71. The van der Waals surface area contributed by atoms with Gasteiger partial charge in [-0.05, 0) is 116 Å². The van der Waals surface area contributed by atoms with Crippen LogP contribution in [0.15, 0.2) is 97.2 Å². The Morgan fingerprint density at radius 1 is 0.266 bits per heavy atom. The summed E-state index contributed by atoms with van der Waals surface area (Å²) >= 11 is 0. The fourth-order valence-electron chi connectivity index (χ4n) is 9.48. The number of hydrogen-bond acceptors (Lipinski definition) is 6. The monoisotopic (exact) mass is 1100 g/mol. The molecular weight excluding hydrogens is 973 g/mol. The largest absolute Gasteiger partial charge is 0.462 e. The molecule has 0 saturated carbocycles. The van der Waals surface area contributed by atoms with Crippen molar-refractivity contribution in [3.8, 4) is 0 Å². The molecule has 0 rings (SSSR count). The quantitative estimate of drug-likeness (QED) is 0.0261. The van der Waals surface area contributed by atoms with E-state index in [1.54, 1.807) is 0 Å². The summed E-state index contributed by atoms with van der Waals surface area (Å²) < 4.78 is 16.9. The molecule has 6 heteroatoms. The number of carbonyl (C=O) groups is 3. The van der Waals surface area contributed by atoms with Crippen LogP contribution < -0.4 is 0 Å². The number of rotatable bonds is 61. The van der Waals surface area contributed by atoms with Crippen LogP contribution in [0, 0.1) is 0 Å². The Kier molecular flexibility index (Phi) is 63.7. The Bertz CT molecular complexity index is 1540. The second kappa shape index (κ2) is 66.8. The van der Waals surface area contributed by atoms with E-state index in [0.717, 1.165) is 116 Å². The molecular formula is C73H126O6. The minimum absolute atomic E-state index is 0.0881. The molecule has 0 heterocycles. The summed E-state index contributed by atoms with van der Waals surface area (Å²) in [5.74, 6) is -0.912. The van der Waals surface area contributed by atoms with Gasteiger partial charge >= 0.3 is 17.9 Å². The summed E-state index contributed by atoms with van der Waals surface area (Å²) in [6, 6.07) is 0. The van der Waals surface area contributed by atoms with E-state index in [9.17, 15) is 14.4 Å². The van der Waals surface area contributed by atoms with Crippen molar-refractivity contribution < 1.29 is 28.6 Å². The Morgan fingerprint density at radius 2 is 0.506 bits per heavy atom. The van der Waals surface area contributed by atoms with Gasteiger partial charge in [-0.2, -0.15) is 0 Å². The number of allylic oxidation sites excluding steroid dienone is 16. The van der Waals surface area contributed by atoms with Crippen LogP contribution >= 0.6 is 0 Å². The summed E-state index contributed by atoms with van der Waals surface area (Å²) in [6.07, 6.45) is 90.1. The van der Waals surface area contributed by atoms with Gasteiger partial charge < -0.3 is 14.2 Å². The SMILES string of the molecule is CC/C=C\C/C=C\C/C=C\C/C=C\CCCCCCC(=O)OC(COC(=O)CCCCCCC/C=C\CCCC)COC(=O)CCCCCCCCCCCCCCCCCCCC/C=C\C/C=C\C/C=C\CCCCCCC. The summed E-state index contributed by atoms with van der Waals surface area (Å²) in [5.41, 5.74) is 0. The third-order valence-corrected chi connectivity index (χ3v) is 14.5. The van der Waals surface area contributed by atoms with E-state index < -0.39 is 6.10 Å². The van der Waals surface area contributed by atoms with Gasteiger partial charge in [0.2, 0.25) is 0 Å². The van der Waals surface area contributed by atoms with Crippen LogP contribution in [0.1, 0.15) is 329 Å². The summed E-state index contributed by atoms with van der Waals surface area (Å²) in [7, 11) is 0. The maximum atomic E-state index is 12.9. The van der Waals surface area contributed by atoms with E-state index in [1.807, 2.05) is 0 Å². The highest BCUT2D eigenvalue weighted by Crippen LogP contribution is 2.17. The molecule has 0 aromatic heterocycles. The van der Waals surface area contributed by atoms with Gasteiger partial charge in [-0.25, -0.2) is 0 Å². The molecule has 6 nitrogen and oxygen atoms in total. The molecule has 0 amide bonds. The summed E-state index contributed by atoms with van der Waals surface area (Å²) in [5, 5.41) is 0. The Labute approximate surface area is 489 Å². The van der Waals surface area contributed by atoms with Gasteiger partial charge in [0.1, 0.15) is 13.2 Å². The topological polar surface area (TPSA) is 78.9 Å². The molecule has 0 saturated heterocycles. The van der Waals surface area contributed by atoms with Gasteiger partial charge in [-0.1, -0.05) is 291 Å². The van der Waals surface area contributed by atoms with Gasteiger partial charge in [-0.3, -0.25) is 14.4 Å². The van der Waals surface area contributed by atoms with Crippen molar-refractivity contribution in [2.24, 2.45) is 0 Å². The lowest BCUT2D eigenvalue weighted by molar-refractivity contribution is -0.167. The summed E-state index contributed by atoms with van der Waals surface area (Å²) in [4.78, 5) is 38.2. The van der Waals surface area contributed by atoms with Crippen molar-refractivity contribution in [2.75, 3.05) is 13.2 Å². The van der Waals surface area contributed by atoms with Crippen molar-refractivity contribution >= 4 is 17.9 Å². The average Bonchev–Trinajstić information content (AvgIpc) is 3.45. The van der Waals surface area contributed by atoms with E-state index in [-0.39, 0.29) is 31.1 Å². The molecule has 0 aliphatic heterocycles. The molecule has 0 spiro atoms. The minimum Gasteiger partial charge on any atom is -0.462 e. The van der Waals surface area contributed by atoms with Crippen LogP contribution in [0.25, 0.3) is 0 Å². The lowest BCUT2D eigenvalue weighted by Crippen LogP contribution is -2.30. The molecule has 0 aliphatic carbocycles. The zero-order chi connectivity index (χ0) is 57.1. The smallest absolute Gasteiger partial charge is 0.306 e. The van der Waals surface area contributed by atoms with Crippen molar-refractivity contribution in [1.82, 2.24) is 0 Å². The van der Waals surface area contributed by atoms with Gasteiger partial charge in [0.25, 0.3) is 0 Å². The molecule has 0 radical (unpaired) electrons. The van der Waals surface area contributed by atoms with Crippen LogP contribution in [-0.2, 0) is 28.6 Å². The van der Waals surface area contributed by atoms with E-state index in [4.69, 9.17) is 14.2 Å². The van der Waals surface area contributed by atoms with Crippen LogP contribution in [0.4, 0.5) is 0 Å². The number of hydrogen-bond donors (Lipinski definition) is 0. The maximum absolute atomic E-state index is 12.9. The zero-order valence-electron chi connectivity index (χ0n) is 52.1. The van der Waals surface area contributed by atoms with Gasteiger partial charge in [0.05, 0.1) is 0 Å². The number of unbranched alkanes of at least 4 members (excludes halogenated alkanes) is 34. The van der Waals surface area contributed by atoms with Crippen molar-refractivity contribution in [3.05, 3.63) is 97.2 Å². The summed E-state index contributed by atoms with van der Waals surface area (Å²) in [6.45, 7) is 6.47. The standard InChI is InChI=1S/C73H126O6/c1-4-7-10-13-16-19-22-24-26-28-29-30-31-32-33-34-35-36-37-38-39-40-41-42-43-45-46-48-51-54-57-60-63-66-72(75)78-69-70(68-77-71(74)65-62-59-56-53-50-21-18-15-12-9-6-3)79-73(76)67-64-61-58-55-52-49-47-44-27-25-23-20-17-14-11-8-5-2/h8,11,15,17-18,20,22,24-25,27-29,31-32,47,49,70H,4-7,9-10,12-14,16,19,21,23,26,30,33-46,48,50-69H2,1-3H3/b11-8-,18-15-,20-17-,24-22-,27-25-,29-28-,32-31-,49-47-. The normalized spacial score (nSPS) is 12.7. The van der Waals surface area contributed by atoms with Crippen molar-refractivity contribution in [2.45, 2.75) is 335 Å². The van der Waals surface area contributed by atoms with Crippen LogP contribution in [-0.4, -0.2) is 37.2 Å². The fourth-order valence-corrected chi connectivity index (χ4v) is 9.48. The molecule has 1 unspecified atom stereocenters. The van der Waals surface area contributed by atoms with Gasteiger partial charge in [0.15, 0.2) is 6.10 Å². The Hall–Kier alpha value is -3.67. The Morgan fingerprint density at radius 3 is 0.823 bits per heavy atom.